The molecule has 12 heteroatoms. The largest absolute Gasteiger partial charge is 0.383 e. The zero-order valence-corrected chi connectivity index (χ0v) is 19.6. The first-order valence-electron chi connectivity index (χ1n) is 10.4. The van der Waals surface area contributed by atoms with Crippen LogP contribution in [0.3, 0.4) is 0 Å². The average molecular weight is 502 g/mol. The van der Waals surface area contributed by atoms with E-state index in [9.17, 15) is 22.0 Å². The Balaban J connectivity index is 1.67. The number of anilines is 2. The topological polar surface area (TPSA) is 117 Å². The predicted molar refractivity (Wildman–Crippen MR) is 125 cm³/mol. The number of fused-ring (bicyclic) bond motifs is 1. The monoisotopic (exact) mass is 501 g/mol. The van der Waals surface area contributed by atoms with Gasteiger partial charge in [0.05, 0.1) is 39.4 Å². The van der Waals surface area contributed by atoms with E-state index >= 15 is 0 Å². The number of methoxy groups -OCH3 is 1. The van der Waals surface area contributed by atoms with E-state index < -0.39 is 32.3 Å². The maximum atomic E-state index is 13.6. The molecule has 0 atom stereocenters. The maximum Gasteiger partial charge on any atom is 0.259 e. The molecule has 0 aliphatic carbocycles. The van der Waals surface area contributed by atoms with E-state index in [1.807, 2.05) is 4.90 Å². The van der Waals surface area contributed by atoms with E-state index in [4.69, 9.17) is 4.74 Å². The lowest BCUT2D eigenvalue weighted by Crippen LogP contribution is -2.25. The van der Waals surface area contributed by atoms with Crippen molar-refractivity contribution < 1.29 is 26.7 Å². The molecule has 0 aliphatic rings. The van der Waals surface area contributed by atoms with Gasteiger partial charge in [-0.05, 0) is 36.4 Å². The van der Waals surface area contributed by atoms with Gasteiger partial charge in [-0.3, -0.25) is 14.9 Å². The highest BCUT2D eigenvalue weighted by Gasteiger charge is 2.22. The van der Waals surface area contributed by atoms with Crippen molar-refractivity contribution in [3.05, 3.63) is 72.1 Å². The second-order valence-electron chi connectivity index (χ2n) is 7.65. The quantitative estimate of drug-likeness (QED) is 0.380. The fraction of sp³-hybridized carbons (Fsp3) is 0.174. The molecule has 4 aromatic rings. The van der Waals surface area contributed by atoms with Gasteiger partial charge in [-0.2, -0.15) is 5.10 Å². The van der Waals surface area contributed by atoms with Crippen molar-refractivity contribution in [2.75, 3.05) is 37.5 Å². The summed E-state index contributed by atoms with van der Waals surface area (Å²) in [5.41, 5.74) is 1.35. The molecule has 0 bridgehead atoms. The van der Waals surface area contributed by atoms with Gasteiger partial charge in [-0.1, -0.05) is 0 Å². The molecule has 0 radical (unpaired) electrons. The standard InChI is InChI=1S/C23H21F2N5O4S/c1-30(7-8-34-2)21-13-26-6-5-18(21)23(31)27-22-19-12-16(3-4-20(19)28-29-22)35(32,33)17-10-14(24)9-15(25)11-17/h3-6,9-13H,7-8H2,1-2H3,(H2,27,28,29,31). The van der Waals surface area contributed by atoms with Crippen molar-refractivity contribution in [2.45, 2.75) is 9.79 Å². The summed E-state index contributed by atoms with van der Waals surface area (Å²) in [6.07, 6.45) is 3.03. The maximum absolute atomic E-state index is 13.6. The summed E-state index contributed by atoms with van der Waals surface area (Å²) in [6.45, 7) is 0.971. The van der Waals surface area contributed by atoms with Gasteiger partial charge in [-0.15, -0.1) is 0 Å². The summed E-state index contributed by atoms with van der Waals surface area (Å²) in [5.74, 6) is -2.41. The van der Waals surface area contributed by atoms with Crippen LogP contribution in [-0.2, 0) is 14.6 Å². The number of carbonyl (C=O) groups is 1. The number of likely N-dealkylation sites (N-methyl/N-ethyl adjacent to an activating group) is 1. The molecule has 2 N–H and O–H groups in total. The second-order valence-corrected chi connectivity index (χ2v) is 9.60. The van der Waals surface area contributed by atoms with Crippen molar-refractivity contribution in [1.29, 1.82) is 0 Å². The Labute approximate surface area is 199 Å². The minimum atomic E-state index is -4.24. The summed E-state index contributed by atoms with van der Waals surface area (Å²) in [6, 6.07) is 7.65. The molecular weight excluding hydrogens is 480 g/mol. The lowest BCUT2D eigenvalue weighted by Gasteiger charge is -2.21. The Bertz CT molecular complexity index is 1490. The van der Waals surface area contributed by atoms with Crippen LogP contribution >= 0.6 is 0 Å². The number of carbonyl (C=O) groups excluding carboxylic acids is 1. The van der Waals surface area contributed by atoms with Crippen LogP contribution in [0.25, 0.3) is 10.9 Å². The zero-order chi connectivity index (χ0) is 25.2. The number of halogens is 2. The van der Waals surface area contributed by atoms with Crippen molar-refractivity contribution in [2.24, 2.45) is 0 Å². The summed E-state index contributed by atoms with van der Waals surface area (Å²) in [7, 11) is -0.868. The normalized spacial score (nSPS) is 11.5. The summed E-state index contributed by atoms with van der Waals surface area (Å²) >= 11 is 0. The number of aromatic amines is 1. The third kappa shape index (κ3) is 4.98. The Hall–Kier alpha value is -3.90. The first-order valence-corrected chi connectivity index (χ1v) is 11.8. The zero-order valence-electron chi connectivity index (χ0n) is 18.7. The third-order valence-electron chi connectivity index (χ3n) is 5.31. The summed E-state index contributed by atoms with van der Waals surface area (Å²) in [5, 5.41) is 9.81. The molecule has 0 aliphatic heterocycles. The Morgan fingerprint density at radius 3 is 2.57 bits per heavy atom. The fourth-order valence-electron chi connectivity index (χ4n) is 3.48. The number of ether oxygens (including phenoxy) is 1. The number of H-pyrrole nitrogens is 1. The molecule has 182 valence electrons. The van der Waals surface area contributed by atoms with Crippen LogP contribution in [-0.4, -0.2) is 56.8 Å². The van der Waals surface area contributed by atoms with Crippen molar-refractivity contribution in [1.82, 2.24) is 15.2 Å². The van der Waals surface area contributed by atoms with Crippen molar-refractivity contribution >= 4 is 38.2 Å². The SMILES string of the molecule is COCCN(C)c1cnccc1C(=O)Nc1n[nH]c2ccc(S(=O)(=O)c3cc(F)cc(F)c3)cc12. The number of nitrogens with one attached hydrogen (secondary N) is 2. The van der Waals surface area contributed by atoms with Crippen LogP contribution < -0.4 is 10.2 Å². The fourth-order valence-corrected chi connectivity index (χ4v) is 4.81. The minimum absolute atomic E-state index is 0.0924. The molecule has 1 amide bonds. The van der Waals surface area contributed by atoms with Crippen LogP contribution in [0.2, 0.25) is 0 Å². The highest BCUT2D eigenvalue weighted by Crippen LogP contribution is 2.29. The van der Waals surface area contributed by atoms with Gasteiger partial charge in [-0.25, -0.2) is 17.2 Å². The van der Waals surface area contributed by atoms with Crippen LogP contribution in [0.4, 0.5) is 20.3 Å². The van der Waals surface area contributed by atoms with E-state index in [1.165, 1.54) is 24.4 Å². The van der Waals surface area contributed by atoms with E-state index in [2.05, 4.69) is 20.5 Å². The number of hydrogen-bond donors (Lipinski definition) is 2. The van der Waals surface area contributed by atoms with Gasteiger partial charge in [0.1, 0.15) is 11.6 Å². The van der Waals surface area contributed by atoms with Crippen molar-refractivity contribution in [3.63, 3.8) is 0 Å². The van der Waals surface area contributed by atoms with Crippen LogP contribution in [0, 0.1) is 11.6 Å². The Morgan fingerprint density at radius 2 is 1.86 bits per heavy atom. The van der Waals surface area contributed by atoms with E-state index in [1.54, 1.807) is 26.4 Å². The number of rotatable bonds is 8. The third-order valence-corrected chi connectivity index (χ3v) is 7.04. The first-order chi connectivity index (χ1) is 16.7. The van der Waals surface area contributed by atoms with Gasteiger partial charge in [0.25, 0.3) is 5.91 Å². The Morgan fingerprint density at radius 1 is 1.11 bits per heavy atom. The summed E-state index contributed by atoms with van der Waals surface area (Å²) in [4.78, 5) is 18.2. The van der Waals surface area contributed by atoms with Crippen LogP contribution in [0.15, 0.2) is 64.6 Å². The van der Waals surface area contributed by atoms with Gasteiger partial charge in [0.2, 0.25) is 9.84 Å². The number of aromatic nitrogens is 3. The van der Waals surface area contributed by atoms with Crippen LogP contribution in [0.5, 0.6) is 0 Å². The Kier molecular flexibility index (Phi) is 6.76. The number of nitrogens with zero attached hydrogens (tertiary/aromatic N) is 3. The van der Waals surface area contributed by atoms with E-state index in [0.29, 0.717) is 41.4 Å². The van der Waals surface area contributed by atoms with Gasteiger partial charge < -0.3 is 15.0 Å². The summed E-state index contributed by atoms with van der Waals surface area (Å²) < 4.78 is 58.3. The molecule has 0 saturated heterocycles. The molecule has 2 heterocycles. The predicted octanol–water partition coefficient (Wildman–Crippen LogP) is 3.40. The lowest BCUT2D eigenvalue weighted by molar-refractivity contribution is 0.102. The molecular formula is C23H21F2N5O4S. The van der Waals surface area contributed by atoms with E-state index in [-0.39, 0.29) is 10.7 Å². The molecule has 35 heavy (non-hydrogen) atoms. The lowest BCUT2D eigenvalue weighted by atomic mass is 10.2. The van der Waals surface area contributed by atoms with Crippen LogP contribution in [0.1, 0.15) is 10.4 Å². The molecule has 9 nitrogen and oxygen atoms in total. The molecule has 2 aromatic heterocycles. The molecule has 0 saturated carbocycles. The molecule has 4 rings (SSSR count). The molecule has 2 aromatic carbocycles. The molecule has 0 spiro atoms. The number of benzene rings is 2. The van der Waals surface area contributed by atoms with Gasteiger partial charge in [0.15, 0.2) is 5.82 Å². The second kappa shape index (κ2) is 9.76. The number of hydrogen-bond acceptors (Lipinski definition) is 7. The van der Waals surface area contributed by atoms with Gasteiger partial charge in [0, 0.05) is 38.4 Å². The van der Waals surface area contributed by atoms with Gasteiger partial charge >= 0.3 is 0 Å². The number of sulfone groups is 1. The molecule has 0 fully saturated rings. The van der Waals surface area contributed by atoms with E-state index in [0.717, 1.165) is 12.1 Å². The number of amides is 1. The minimum Gasteiger partial charge on any atom is -0.383 e. The molecule has 0 unspecified atom stereocenters. The smallest absolute Gasteiger partial charge is 0.259 e. The number of pyridine rings is 1. The first kappa shape index (κ1) is 24.2. The average Bonchev–Trinajstić information content (AvgIpc) is 3.23. The highest BCUT2D eigenvalue weighted by atomic mass is 32.2. The van der Waals surface area contributed by atoms with Crippen molar-refractivity contribution in [3.8, 4) is 0 Å². The highest BCUT2D eigenvalue weighted by molar-refractivity contribution is 7.91.